The zero-order valence-electron chi connectivity index (χ0n) is 15.4. The number of hydrogen-bond acceptors (Lipinski definition) is 6. The summed E-state index contributed by atoms with van der Waals surface area (Å²) in [6.07, 6.45) is 1.53. The fourth-order valence-electron chi connectivity index (χ4n) is 2.64. The highest BCUT2D eigenvalue weighted by Gasteiger charge is 2.18. The van der Waals surface area contributed by atoms with Gasteiger partial charge in [0.1, 0.15) is 12.1 Å². The maximum atomic E-state index is 12.2. The first-order valence-electron chi connectivity index (χ1n) is 8.26. The van der Waals surface area contributed by atoms with Gasteiger partial charge < -0.3 is 9.47 Å². The van der Waals surface area contributed by atoms with E-state index < -0.39 is 21.7 Å². The molecule has 29 heavy (non-hydrogen) atoms. The molecule has 0 aliphatic heterocycles. The summed E-state index contributed by atoms with van der Waals surface area (Å²) < 4.78 is 35.9. The van der Waals surface area contributed by atoms with Crippen LogP contribution in [0, 0.1) is 0 Å². The molecule has 10 heteroatoms. The highest BCUT2D eigenvalue weighted by molar-refractivity contribution is 7.91. The fraction of sp³-hybridized carbons (Fsp3) is 0.158. The lowest BCUT2D eigenvalue weighted by Gasteiger charge is -2.11. The normalized spacial score (nSPS) is 11.3. The molecular formula is C19H16Cl2N2O5S. The molecular weight excluding hydrogens is 439 g/mol. The Balaban J connectivity index is 1.97. The average Bonchev–Trinajstić information content (AvgIpc) is 3.08. The van der Waals surface area contributed by atoms with Gasteiger partial charge in [-0.25, -0.2) is 13.4 Å². The summed E-state index contributed by atoms with van der Waals surface area (Å²) in [5.74, 6) is -0.852. The lowest BCUT2D eigenvalue weighted by atomic mass is 10.1. The maximum Gasteiger partial charge on any atom is 0.303 e. The smallest absolute Gasteiger partial charge is 0.303 e. The number of aromatic nitrogens is 2. The Hall–Kier alpha value is -2.55. The molecule has 0 N–H and O–H groups in total. The van der Waals surface area contributed by atoms with Crippen molar-refractivity contribution in [3.8, 4) is 22.7 Å². The molecule has 0 atom stereocenters. The number of carbonyl (C=O) groups excluding carboxylic acids is 1. The van der Waals surface area contributed by atoms with Crippen LogP contribution in [0.5, 0.6) is 5.75 Å². The number of benzene rings is 2. The van der Waals surface area contributed by atoms with Crippen LogP contribution in [-0.4, -0.2) is 37.0 Å². The number of hydrogen-bond donors (Lipinski definition) is 0. The maximum absolute atomic E-state index is 12.2. The molecule has 0 amide bonds. The van der Waals surface area contributed by atoms with Crippen molar-refractivity contribution in [2.24, 2.45) is 0 Å². The van der Waals surface area contributed by atoms with E-state index in [4.69, 9.17) is 27.9 Å². The second-order valence-corrected chi connectivity index (χ2v) is 8.67. The van der Waals surface area contributed by atoms with Gasteiger partial charge in [0.05, 0.1) is 22.7 Å². The molecule has 0 saturated heterocycles. The number of rotatable bonds is 6. The molecule has 0 saturated carbocycles. The van der Waals surface area contributed by atoms with E-state index in [2.05, 4.69) is 9.72 Å². The highest BCUT2D eigenvalue weighted by atomic mass is 35.5. The van der Waals surface area contributed by atoms with E-state index in [1.807, 2.05) is 0 Å². The summed E-state index contributed by atoms with van der Waals surface area (Å²) in [5.41, 5.74) is 1.94. The molecule has 2 aromatic carbocycles. The van der Waals surface area contributed by atoms with Crippen LogP contribution in [-0.2, 0) is 19.4 Å². The summed E-state index contributed by atoms with van der Waals surface area (Å²) in [7, 11) is -2.23. The monoisotopic (exact) mass is 454 g/mol. The van der Waals surface area contributed by atoms with Gasteiger partial charge in [-0.05, 0) is 42.5 Å². The molecule has 3 rings (SSSR count). The summed E-state index contributed by atoms with van der Waals surface area (Å²) in [5, 5.41) is 0.679. The van der Waals surface area contributed by atoms with Crippen LogP contribution >= 0.6 is 23.2 Å². The summed E-state index contributed by atoms with van der Waals surface area (Å²) in [6, 6.07) is 11.3. The molecule has 1 aromatic heterocycles. The largest absolute Gasteiger partial charge is 0.495 e. The number of carbonyl (C=O) groups is 1. The molecule has 0 bridgehead atoms. The van der Waals surface area contributed by atoms with Crippen molar-refractivity contribution in [3.05, 3.63) is 59.0 Å². The van der Waals surface area contributed by atoms with Gasteiger partial charge >= 0.3 is 5.97 Å². The fourth-order valence-corrected chi connectivity index (χ4v) is 4.15. The number of sulfone groups is 1. The summed E-state index contributed by atoms with van der Waals surface area (Å²) in [6.45, 7) is 1.15. The third kappa shape index (κ3) is 4.55. The van der Waals surface area contributed by atoms with E-state index in [-0.39, 0.29) is 10.0 Å². The Morgan fingerprint density at radius 2 is 1.83 bits per heavy atom. The van der Waals surface area contributed by atoms with Crippen molar-refractivity contribution in [3.63, 3.8) is 0 Å². The Labute approximate surface area is 177 Å². The van der Waals surface area contributed by atoms with E-state index in [1.165, 1.54) is 25.6 Å². The highest BCUT2D eigenvalue weighted by Crippen LogP contribution is 2.34. The van der Waals surface area contributed by atoms with Crippen molar-refractivity contribution < 1.29 is 22.7 Å². The number of methoxy groups -OCH3 is 1. The first kappa shape index (κ1) is 21.2. The topological polar surface area (TPSA) is 87.5 Å². The quantitative estimate of drug-likeness (QED) is 0.519. The van der Waals surface area contributed by atoms with Gasteiger partial charge in [0, 0.05) is 18.2 Å². The molecule has 152 valence electrons. The first-order chi connectivity index (χ1) is 13.7. The Kier molecular flexibility index (Phi) is 6.16. The van der Waals surface area contributed by atoms with Crippen LogP contribution in [0.25, 0.3) is 16.9 Å². The van der Waals surface area contributed by atoms with Crippen LogP contribution in [0.4, 0.5) is 0 Å². The Bertz CT molecular complexity index is 1160. The van der Waals surface area contributed by atoms with Crippen molar-refractivity contribution in [1.82, 2.24) is 9.55 Å². The molecule has 3 aromatic rings. The molecule has 1 heterocycles. The third-order valence-electron chi connectivity index (χ3n) is 4.04. The first-order valence-corrected chi connectivity index (χ1v) is 10.7. The molecule has 0 radical (unpaired) electrons. The van der Waals surface area contributed by atoms with Gasteiger partial charge in [-0.3, -0.25) is 9.36 Å². The van der Waals surface area contributed by atoms with E-state index in [9.17, 15) is 13.2 Å². The second-order valence-electron chi connectivity index (χ2n) is 5.97. The van der Waals surface area contributed by atoms with Crippen LogP contribution in [0.1, 0.15) is 6.92 Å². The zero-order chi connectivity index (χ0) is 21.2. The van der Waals surface area contributed by atoms with Crippen molar-refractivity contribution in [2.45, 2.75) is 11.8 Å². The van der Waals surface area contributed by atoms with Crippen LogP contribution in [0.15, 0.2) is 53.7 Å². The van der Waals surface area contributed by atoms with Crippen molar-refractivity contribution in [1.29, 1.82) is 0 Å². The van der Waals surface area contributed by atoms with E-state index >= 15 is 0 Å². The minimum absolute atomic E-state index is 0.0303. The SMILES string of the molecule is COc1ccc(-c2c(Cl)ncn2-c2ccc(S(=O)(=O)COC(C)=O)cc2)cc1Cl. The van der Waals surface area contributed by atoms with Crippen molar-refractivity contribution in [2.75, 3.05) is 13.0 Å². The number of imidazole rings is 1. The minimum Gasteiger partial charge on any atom is -0.495 e. The van der Waals surface area contributed by atoms with Gasteiger partial charge in [-0.2, -0.15) is 0 Å². The molecule has 7 nitrogen and oxygen atoms in total. The summed E-state index contributed by atoms with van der Waals surface area (Å²) in [4.78, 5) is 15.0. The predicted octanol–water partition coefficient (Wildman–Crippen LogP) is 4.15. The van der Waals surface area contributed by atoms with Crippen LogP contribution < -0.4 is 4.74 Å². The van der Waals surface area contributed by atoms with Crippen molar-refractivity contribution >= 4 is 39.0 Å². The second kappa shape index (κ2) is 8.44. The van der Waals surface area contributed by atoms with Crippen LogP contribution in [0.2, 0.25) is 10.2 Å². The number of ether oxygens (including phenoxy) is 2. The average molecular weight is 455 g/mol. The Morgan fingerprint density at radius 3 is 2.41 bits per heavy atom. The standard InChI is InChI=1S/C19H16Cl2N2O5S/c1-12(24)28-11-29(25,26)15-6-4-14(5-7-15)23-10-22-19(21)18(23)13-3-8-17(27-2)16(20)9-13/h3-10H,11H2,1-2H3. The third-order valence-corrected chi connectivity index (χ3v) is 6.03. The van der Waals surface area contributed by atoms with Gasteiger partial charge in [0.15, 0.2) is 11.1 Å². The van der Waals surface area contributed by atoms with Gasteiger partial charge in [-0.1, -0.05) is 23.2 Å². The lowest BCUT2D eigenvalue weighted by molar-refractivity contribution is -0.138. The zero-order valence-corrected chi connectivity index (χ0v) is 17.8. The van der Waals surface area contributed by atoms with Crippen LogP contribution in [0.3, 0.4) is 0 Å². The number of halogens is 2. The molecule has 0 aliphatic carbocycles. The predicted molar refractivity (Wildman–Crippen MR) is 109 cm³/mol. The van der Waals surface area contributed by atoms with Gasteiger partial charge in [0.25, 0.3) is 0 Å². The summed E-state index contributed by atoms with van der Waals surface area (Å²) >= 11 is 12.5. The van der Waals surface area contributed by atoms with E-state index in [1.54, 1.807) is 34.9 Å². The lowest BCUT2D eigenvalue weighted by Crippen LogP contribution is -2.12. The molecule has 0 unspecified atom stereocenters. The Morgan fingerprint density at radius 1 is 1.14 bits per heavy atom. The van der Waals surface area contributed by atoms with E-state index in [0.29, 0.717) is 27.7 Å². The molecule has 0 aliphatic rings. The van der Waals surface area contributed by atoms with Gasteiger partial charge in [-0.15, -0.1) is 0 Å². The van der Waals surface area contributed by atoms with E-state index in [0.717, 1.165) is 6.92 Å². The van der Waals surface area contributed by atoms with Gasteiger partial charge in [0.2, 0.25) is 9.84 Å². The number of esters is 1. The minimum atomic E-state index is -3.75. The number of nitrogens with zero attached hydrogens (tertiary/aromatic N) is 2. The molecule has 0 spiro atoms. The molecule has 0 fully saturated rings.